The Bertz CT molecular complexity index is 1940. The fourth-order valence-electron chi connectivity index (χ4n) is 5.20. The third-order valence-electron chi connectivity index (χ3n) is 7.13. The fourth-order valence-corrected chi connectivity index (χ4v) is 5.20. The van der Waals surface area contributed by atoms with E-state index in [9.17, 15) is 27.6 Å². The Morgan fingerprint density at radius 1 is 0.955 bits per heavy atom. The van der Waals surface area contributed by atoms with Crippen molar-refractivity contribution in [3.05, 3.63) is 119 Å². The van der Waals surface area contributed by atoms with Crippen LogP contribution in [0.5, 0.6) is 0 Å². The molecule has 0 aliphatic carbocycles. The van der Waals surface area contributed by atoms with Crippen LogP contribution in [0.15, 0.2) is 96.3 Å². The smallest absolute Gasteiger partial charge is 0.325 e. The van der Waals surface area contributed by atoms with Crippen LogP contribution in [0.3, 0.4) is 0 Å². The predicted octanol–water partition coefficient (Wildman–Crippen LogP) is 6.48. The van der Waals surface area contributed by atoms with E-state index in [-0.39, 0.29) is 23.6 Å². The number of hydrogen-bond donors (Lipinski definition) is 2. The van der Waals surface area contributed by atoms with Crippen molar-refractivity contribution in [3.8, 4) is 22.4 Å². The molecule has 2 amide bonds. The van der Waals surface area contributed by atoms with E-state index >= 15 is 0 Å². The number of carbonyl (C=O) groups is 2. The molecule has 5 aromatic rings. The maximum atomic E-state index is 14.4. The second kappa shape index (κ2) is 12.0. The number of benzene rings is 3. The van der Waals surface area contributed by atoms with Crippen LogP contribution in [0.1, 0.15) is 23.9 Å². The normalized spacial score (nSPS) is 11.4. The topological polar surface area (TPSA) is 97.5 Å². The second-order valence-corrected chi connectivity index (χ2v) is 9.98. The summed E-state index contributed by atoms with van der Waals surface area (Å²) in [4.78, 5) is 44.8. The Labute approximate surface area is 250 Å². The van der Waals surface area contributed by atoms with Crippen LogP contribution in [-0.2, 0) is 28.7 Å². The molecule has 0 atom stereocenters. The quantitative estimate of drug-likeness (QED) is 0.200. The van der Waals surface area contributed by atoms with Gasteiger partial charge in [-0.3, -0.25) is 14.4 Å². The zero-order chi connectivity index (χ0) is 31.6. The van der Waals surface area contributed by atoms with Crippen molar-refractivity contribution in [3.63, 3.8) is 0 Å². The lowest BCUT2D eigenvalue weighted by molar-refractivity contribution is -0.137. The van der Waals surface area contributed by atoms with Gasteiger partial charge in [-0.1, -0.05) is 62.0 Å². The second-order valence-electron chi connectivity index (χ2n) is 9.98. The number of alkyl halides is 3. The Hall–Kier alpha value is -5.45. The van der Waals surface area contributed by atoms with Crippen molar-refractivity contribution in [2.75, 3.05) is 10.6 Å². The van der Waals surface area contributed by atoms with Gasteiger partial charge in [0.15, 0.2) is 0 Å². The lowest BCUT2D eigenvalue weighted by Gasteiger charge is -2.20. The minimum absolute atomic E-state index is 0.181. The molecule has 0 spiro atoms. The largest absolute Gasteiger partial charge is 0.416 e. The average Bonchev–Trinajstić information content (AvgIpc) is 3.36. The highest BCUT2D eigenvalue weighted by Gasteiger charge is 2.30. The number of aryl methyl sites for hydroxylation is 1. The third kappa shape index (κ3) is 5.76. The molecule has 0 fully saturated rings. The molecule has 44 heavy (non-hydrogen) atoms. The molecule has 0 saturated carbocycles. The Kier molecular flexibility index (Phi) is 8.21. The summed E-state index contributed by atoms with van der Waals surface area (Å²) in [5.74, 6) is -0.774. The number of fused-ring (bicyclic) bond motifs is 1. The zero-order valence-corrected chi connectivity index (χ0v) is 23.9. The number of aromatic nitrogens is 3. The summed E-state index contributed by atoms with van der Waals surface area (Å²) in [5.41, 5.74) is 2.34. The SMILES string of the molecule is C=CC(=O)Nc1ccccc1-c1c(CC)n(CC(=O)Nc2ccc(C(F)(F)F)cc2)c2nc(C)c(-c3ccccc3)n2c1=O. The van der Waals surface area contributed by atoms with Gasteiger partial charge in [0, 0.05) is 28.2 Å². The monoisotopic (exact) mass is 599 g/mol. The van der Waals surface area contributed by atoms with Gasteiger partial charge >= 0.3 is 6.18 Å². The number of nitrogens with one attached hydrogen (secondary N) is 2. The summed E-state index contributed by atoms with van der Waals surface area (Å²) in [6.45, 7) is 6.81. The van der Waals surface area contributed by atoms with Gasteiger partial charge < -0.3 is 15.2 Å². The fraction of sp³-hybridized carbons (Fsp3) is 0.152. The average molecular weight is 600 g/mol. The minimum atomic E-state index is -4.51. The number of amides is 2. The van der Waals surface area contributed by atoms with E-state index in [0.29, 0.717) is 34.8 Å². The number of para-hydroxylation sites is 1. The first kappa shape index (κ1) is 30.0. The van der Waals surface area contributed by atoms with E-state index in [1.165, 1.54) is 16.5 Å². The van der Waals surface area contributed by atoms with Crippen molar-refractivity contribution >= 4 is 29.0 Å². The molecule has 224 valence electrons. The van der Waals surface area contributed by atoms with Crippen LogP contribution in [-0.4, -0.2) is 25.8 Å². The molecule has 0 aliphatic heterocycles. The first-order valence-electron chi connectivity index (χ1n) is 13.7. The van der Waals surface area contributed by atoms with Crippen molar-refractivity contribution in [1.29, 1.82) is 0 Å². The van der Waals surface area contributed by atoms with Crippen LogP contribution in [0.25, 0.3) is 28.2 Å². The summed E-state index contributed by atoms with van der Waals surface area (Å²) < 4.78 is 42.2. The highest BCUT2D eigenvalue weighted by molar-refractivity contribution is 6.02. The maximum absolute atomic E-state index is 14.4. The number of halogens is 3. The van der Waals surface area contributed by atoms with Gasteiger partial charge in [-0.05, 0) is 49.8 Å². The first-order valence-corrected chi connectivity index (χ1v) is 13.7. The van der Waals surface area contributed by atoms with Crippen molar-refractivity contribution in [2.24, 2.45) is 0 Å². The molecule has 3 aromatic carbocycles. The Morgan fingerprint density at radius 3 is 2.25 bits per heavy atom. The van der Waals surface area contributed by atoms with Crippen LogP contribution >= 0.6 is 0 Å². The number of rotatable bonds is 8. The highest BCUT2D eigenvalue weighted by atomic mass is 19.4. The van der Waals surface area contributed by atoms with Crippen molar-refractivity contribution in [1.82, 2.24) is 14.0 Å². The molecule has 11 heteroatoms. The van der Waals surface area contributed by atoms with Gasteiger partial charge in [0.25, 0.3) is 5.56 Å². The van der Waals surface area contributed by atoms with E-state index in [0.717, 1.165) is 23.8 Å². The van der Waals surface area contributed by atoms with E-state index < -0.39 is 29.1 Å². The number of carbonyl (C=O) groups excluding carboxylic acids is 2. The number of nitrogens with zero attached hydrogens (tertiary/aromatic N) is 3. The van der Waals surface area contributed by atoms with E-state index in [2.05, 4.69) is 17.2 Å². The zero-order valence-electron chi connectivity index (χ0n) is 23.9. The van der Waals surface area contributed by atoms with E-state index in [1.807, 2.05) is 37.3 Å². The van der Waals surface area contributed by atoms with Gasteiger partial charge in [-0.15, -0.1) is 0 Å². The minimum Gasteiger partial charge on any atom is -0.325 e. The Balaban J connectivity index is 1.72. The predicted molar refractivity (Wildman–Crippen MR) is 163 cm³/mol. The molecule has 2 aromatic heterocycles. The van der Waals surface area contributed by atoms with Gasteiger partial charge in [0.1, 0.15) is 6.54 Å². The molecule has 5 rings (SSSR count). The van der Waals surface area contributed by atoms with Gasteiger partial charge in [0.05, 0.1) is 22.5 Å². The number of hydrogen-bond acceptors (Lipinski definition) is 4. The van der Waals surface area contributed by atoms with Crippen LogP contribution < -0.4 is 16.2 Å². The molecule has 2 N–H and O–H groups in total. The van der Waals surface area contributed by atoms with Gasteiger partial charge in [-0.25, -0.2) is 9.38 Å². The lowest BCUT2D eigenvalue weighted by atomic mass is 10.0. The van der Waals surface area contributed by atoms with E-state index in [4.69, 9.17) is 4.98 Å². The highest BCUT2D eigenvalue weighted by Crippen LogP contribution is 2.33. The number of imidazole rings is 1. The third-order valence-corrected chi connectivity index (χ3v) is 7.13. The first-order chi connectivity index (χ1) is 21.0. The van der Waals surface area contributed by atoms with Crippen LogP contribution in [0.4, 0.5) is 24.5 Å². The lowest BCUT2D eigenvalue weighted by Crippen LogP contribution is -2.29. The molecular formula is C33H28F3N5O3. The van der Waals surface area contributed by atoms with Crippen LogP contribution in [0, 0.1) is 6.92 Å². The summed E-state index contributed by atoms with van der Waals surface area (Å²) in [6, 6.07) is 20.2. The molecule has 2 heterocycles. The molecule has 0 saturated heterocycles. The molecular weight excluding hydrogens is 571 g/mol. The molecule has 0 radical (unpaired) electrons. The number of anilines is 2. The molecule has 0 unspecified atom stereocenters. The maximum Gasteiger partial charge on any atom is 0.416 e. The Morgan fingerprint density at radius 2 is 1.61 bits per heavy atom. The van der Waals surface area contributed by atoms with Gasteiger partial charge in [0.2, 0.25) is 17.6 Å². The molecule has 0 bridgehead atoms. The summed E-state index contributed by atoms with van der Waals surface area (Å²) >= 11 is 0. The standard InChI is InChI=1S/C33H28F3N5O3/c1-4-26-29(24-13-9-10-14-25(24)39-27(42)5-2)31(44)41-30(21-11-7-6-8-12-21)20(3)37-32(41)40(26)19-28(43)38-23-17-15-22(16-18-23)33(34,35)36/h5-18H,2,4,19H2,1,3H3,(H,38,43)(H,39,42). The summed E-state index contributed by atoms with van der Waals surface area (Å²) in [5, 5.41) is 5.40. The van der Waals surface area contributed by atoms with Crippen LogP contribution in [0.2, 0.25) is 0 Å². The summed E-state index contributed by atoms with van der Waals surface area (Å²) in [6.07, 6.45) is -3.07. The van der Waals surface area contributed by atoms with Crippen molar-refractivity contribution < 1.29 is 22.8 Å². The summed E-state index contributed by atoms with van der Waals surface area (Å²) in [7, 11) is 0. The van der Waals surface area contributed by atoms with Crippen molar-refractivity contribution in [2.45, 2.75) is 33.0 Å². The molecule has 8 nitrogen and oxygen atoms in total. The molecule has 0 aliphatic rings. The van der Waals surface area contributed by atoms with Gasteiger partial charge in [-0.2, -0.15) is 13.2 Å². The van der Waals surface area contributed by atoms with E-state index in [1.54, 1.807) is 35.8 Å².